The van der Waals surface area contributed by atoms with Crippen LogP contribution in [0.2, 0.25) is 0 Å². The smallest absolute Gasteiger partial charge is 0.0921 e. The summed E-state index contributed by atoms with van der Waals surface area (Å²) in [5, 5.41) is 2.54. The summed E-state index contributed by atoms with van der Waals surface area (Å²) in [7, 11) is -0.771. The van der Waals surface area contributed by atoms with Crippen LogP contribution >= 0.6 is 8.15 Å². The Morgan fingerprint density at radius 3 is 1.67 bits per heavy atom. The molecule has 3 rings (SSSR count). The highest BCUT2D eigenvalue weighted by atomic mass is 31.1. The number of hydrogen-bond donors (Lipinski definition) is 0. The Morgan fingerprint density at radius 2 is 1.17 bits per heavy atom. The molecule has 2 heteroatoms. The van der Waals surface area contributed by atoms with Crippen molar-refractivity contribution in [2.24, 2.45) is 0 Å². The average molecular weight is 334 g/mol. The predicted octanol–water partition coefficient (Wildman–Crippen LogP) is 5.07. The average Bonchev–Trinajstić information content (AvgIpc) is 2.67. The van der Waals surface area contributed by atoms with E-state index >= 15 is 0 Å². The van der Waals surface area contributed by atoms with Gasteiger partial charge in [0.2, 0.25) is 0 Å². The molecule has 0 saturated heterocycles. The molecule has 122 valence electrons. The first kappa shape index (κ1) is 16.9. The van der Waals surface area contributed by atoms with Crippen LogP contribution in [0.5, 0.6) is 0 Å². The Balaban J connectivity index is 1.70. The fourth-order valence-electron chi connectivity index (χ4n) is 2.64. The van der Waals surface area contributed by atoms with E-state index in [1.807, 2.05) is 0 Å². The van der Waals surface area contributed by atoms with Gasteiger partial charge in [0.05, 0.1) is 14.3 Å². The lowest BCUT2D eigenvalue weighted by Crippen LogP contribution is -2.18. The molecule has 3 aromatic rings. The van der Waals surface area contributed by atoms with Crippen molar-refractivity contribution in [2.45, 2.75) is 25.9 Å². The van der Waals surface area contributed by atoms with Crippen LogP contribution in [0.1, 0.15) is 18.9 Å². The number of aryl methyl sites for hydroxylation is 1. The molecule has 0 unspecified atom stereocenters. The first-order valence-corrected chi connectivity index (χ1v) is 9.70. The van der Waals surface area contributed by atoms with Gasteiger partial charge in [0.15, 0.2) is 0 Å². The van der Waals surface area contributed by atoms with Crippen molar-refractivity contribution in [3.63, 3.8) is 0 Å². The number of rotatable bonds is 7. The minimum absolute atomic E-state index is 0.219. The van der Waals surface area contributed by atoms with Crippen molar-refractivity contribution < 1.29 is 4.52 Å². The molecule has 0 aliphatic carbocycles. The fraction of sp³-hybridized carbons (Fsp3) is 0.182. The second-order valence-corrected chi connectivity index (χ2v) is 7.74. The molecule has 0 bridgehead atoms. The van der Waals surface area contributed by atoms with Gasteiger partial charge in [-0.3, -0.25) is 0 Å². The fourth-order valence-corrected chi connectivity index (χ4v) is 4.54. The number of hydrogen-bond acceptors (Lipinski definition) is 1. The first-order valence-electron chi connectivity index (χ1n) is 8.44. The highest BCUT2D eigenvalue weighted by Crippen LogP contribution is 2.37. The third kappa shape index (κ3) is 4.77. The normalized spacial score (nSPS) is 12.2. The summed E-state index contributed by atoms with van der Waals surface area (Å²) >= 11 is 0. The first-order chi connectivity index (χ1) is 11.8. The molecule has 0 saturated carbocycles. The van der Waals surface area contributed by atoms with E-state index < -0.39 is 8.15 Å². The maximum absolute atomic E-state index is 6.51. The van der Waals surface area contributed by atoms with E-state index in [2.05, 4.69) is 97.9 Å². The molecule has 3 aromatic carbocycles. The lowest BCUT2D eigenvalue weighted by molar-refractivity contribution is 0.242. The molecule has 0 radical (unpaired) electrons. The highest BCUT2D eigenvalue weighted by Gasteiger charge is 2.18. The molecule has 24 heavy (non-hydrogen) atoms. The summed E-state index contributed by atoms with van der Waals surface area (Å²) in [5.74, 6) is 0. The third-order valence-electron chi connectivity index (χ3n) is 3.95. The van der Waals surface area contributed by atoms with Gasteiger partial charge in [-0.1, -0.05) is 91.0 Å². The molecule has 0 spiro atoms. The van der Waals surface area contributed by atoms with E-state index in [1.165, 1.54) is 16.2 Å². The predicted molar refractivity (Wildman–Crippen MR) is 104 cm³/mol. The maximum Gasteiger partial charge on any atom is 0.0921 e. The zero-order valence-electron chi connectivity index (χ0n) is 14.0. The zero-order chi connectivity index (χ0) is 16.6. The number of benzene rings is 3. The quantitative estimate of drug-likeness (QED) is 0.548. The van der Waals surface area contributed by atoms with Crippen molar-refractivity contribution in [1.29, 1.82) is 0 Å². The lowest BCUT2D eigenvalue weighted by atomic mass is 10.1. The van der Waals surface area contributed by atoms with Crippen molar-refractivity contribution in [1.82, 2.24) is 0 Å². The summed E-state index contributed by atoms with van der Waals surface area (Å²) in [4.78, 5) is 0. The van der Waals surface area contributed by atoms with Crippen LogP contribution in [0.4, 0.5) is 0 Å². The molecule has 0 heterocycles. The Labute approximate surface area is 146 Å². The van der Waals surface area contributed by atoms with Crippen molar-refractivity contribution in [3.8, 4) is 0 Å². The topological polar surface area (TPSA) is 9.23 Å². The lowest BCUT2D eigenvalue weighted by Gasteiger charge is -2.23. The van der Waals surface area contributed by atoms with Gasteiger partial charge in [0.25, 0.3) is 0 Å². The van der Waals surface area contributed by atoms with Gasteiger partial charge in [0, 0.05) is 10.6 Å². The molecular formula is C22H23OP. The van der Waals surface area contributed by atoms with E-state index in [0.717, 1.165) is 12.8 Å². The van der Waals surface area contributed by atoms with E-state index in [-0.39, 0.29) is 6.10 Å². The van der Waals surface area contributed by atoms with Crippen molar-refractivity contribution in [3.05, 3.63) is 96.6 Å². The summed E-state index contributed by atoms with van der Waals surface area (Å²) in [6.45, 7) is 2.18. The van der Waals surface area contributed by atoms with Crippen LogP contribution < -0.4 is 10.6 Å². The monoisotopic (exact) mass is 334 g/mol. The molecule has 0 aliphatic rings. The van der Waals surface area contributed by atoms with Gasteiger partial charge in [0.1, 0.15) is 0 Å². The zero-order valence-corrected chi connectivity index (χ0v) is 14.9. The molecule has 0 aromatic heterocycles. The summed E-state index contributed by atoms with van der Waals surface area (Å²) in [6.07, 6.45) is 2.30. The van der Waals surface area contributed by atoms with Crippen LogP contribution in [0.15, 0.2) is 91.0 Å². The SMILES string of the molecule is C[C@H](CCc1ccccc1)OP(c1ccccc1)c1ccccc1. The van der Waals surface area contributed by atoms with Crippen molar-refractivity contribution in [2.75, 3.05) is 0 Å². The van der Waals surface area contributed by atoms with Crippen LogP contribution in [0, 0.1) is 0 Å². The Kier molecular flexibility index (Phi) is 6.18. The molecule has 0 amide bonds. The summed E-state index contributed by atoms with van der Waals surface area (Å²) in [6, 6.07) is 31.8. The van der Waals surface area contributed by atoms with Crippen LogP contribution in [0.3, 0.4) is 0 Å². The van der Waals surface area contributed by atoms with E-state index in [1.54, 1.807) is 0 Å². The molecule has 1 nitrogen and oxygen atoms in total. The second kappa shape index (κ2) is 8.78. The van der Waals surface area contributed by atoms with Crippen LogP contribution in [-0.4, -0.2) is 6.10 Å². The van der Waals surface area contributed by atoms with Crippen LogP contribution in [0.25, 0.3) is 0 Å². The van der Waals surface area contributed by atoms with E-state index in [0.29, 0.717) is 0 Å². The van der Waals surface area contributed by atoms with Gasteiger partial charge in [-0.15, -0.1) is 0 Å². The van der Waals surface area contributed by atoms with Gasteiger partial charge in [-0.05, 0) is 25.3 Å². The van der Waals surface area contributed by atoms with Crippen LogP contribution in [-0.2, 0) is 10.9 Å². The maximum atomic E-state index is 6.51. The Hall–Kier alpha value is -1.95. The van der Waals surface area contributed by atoms with E-state index in [4.69, 9.17) is 4.52 Å². The minimum Gasteiger partial charge on any atom is -0.347 e. The molecule has 1 atom stereocenters. The third-order valence-corrected chi connectivity index (χ3v) is 6.05. The Bertz CT molecular complexity index is 673. The van der Waals surface area contributed by atoms with E-state index in [9.17, 15) is 0 Å². The molecule has 0 aliphatic heterocycles. The summed E-state index contributed by atoms with van der Waals surface area (Å²) in [5.41, 5.74) is 1.37. The van der Waals surface area contributed by atoms with Gasteiger partial charge in [-0.25, -0.2) is 0 Å². The summed E-state index contributed by atoms with van der Waals surface area (Å²) < 4.78 is 6.51. The minimum atomic E-state index is -0.771. The van der Waals surface area contributed by atoms with Gasteiger partial charge >= 0.3 is 0 Å². The van der Waals surface area contributed by atoms with Gasteiger partial charge < -0.3 is 4.52 Å². The molecular weight excluding hydrogens is 311 g/mol. The second-order valence-electron chi connectivity index (χ2n) is 5.91. The molecule has 0 N–H and O–H groups in total. The molecule has 0 fully saturated rings. The highest BCUT2D eigenvalue weighted by molar-refractivity contribution is 7.68. The standard InChI is InChI=1S/C22H23OP/c1-19(17-18-20-11-5-2-6-12-20)23-24(21-13-7-3-8-14-21)22-15-9-4-10-16-22/h2-16,19H,17-18H2,1H3/t19-/m1/s1. The van der Waals surface area contributed by atoms with Crippen molar-refractivity contribution >= 4 is 18.8 Å². The largest absolute Gasteiger partial charge is 0.347 e. The van der Waals surface area contributed by atoms with Gasteiger partial charge in [-0.2, -0.15) is 0 Å². The Morgan fingerprint density at radius 1 is 0.708 bits per heavy atom.